The topological polar surface area (TPSA) is 61.9 Å². The molecule has 0 unspecified atom stereocenters. The molecule has 2 aromatic carbocycles. The van der Waals surface area contributed by atoms with Crippen LogP contribution in [0.4, 0.5) is 11.4 Å². The van der Waals surface area contributed by atoms with Gasteiger partial charge in [-0.2, -0.15) is 0 Å². The van der Waals surface area contributed by atoms with E-state index >= 15 is 0 Å². The standard InChI is InChI=1S/C25H33N3O3/c1-3-27(18-24(29)26-22-16-10-11-17-23(22)31-2)19-25(30)28(20-12-6-4-7-13-20)21-14-8-5-9-15-21/h4,6-7,10-13,16-17,21H,3,5,8-9,14-15,18-19H2,1-2H3,(H,26,29). The lowest BCUT2D eigenvalue weighted by molar-refractivity contribution is -0.121. The van der Waals surface area contributed by atoms with Crippen molar-refractivity contribution in [3.8, 4) is 5.75 Å². The van der Waals surface area contributed by atoms with Gasteiger partial charge in [0, 0.05) is 11.7 Å². The van der Waals surface area contributed by atoms with E-state index in [0.717, 1.165) is 31.4 Å². The number of ether oxygens (including phenoxy) is 1. The average molecular weight is 424 g/mol. The fourth-order valence-corrected chi connectivity index (χ4v) is 4.17. The maximum atomic E-state index is 13.4. The molecule has 6 nitrogen and oxygen atoms in total. The van der Waals surface area contributed by atoms with Crippen LogP contribution in [-0.4, -0.2) is 49.5 Å². The second kappa shape index (κ2) is 11.5. The number of carbonyl (C=O) groups excluding carboxylic acids is 2. The summed E-state index contributed by atoms with van der Waals surface area (Å²) in [6, 6.07) is 17.4. The van der Waals surface area contributed by atoms with Gasteiger partial charge in [-0.05, 0) is 43.7 Å². The van der Waals surface area contributed by atoms with Crippen LogP contribution in [0.5, 0.6) is 5.75 Å². The first-order chi connectivity index (χ1) is 15.1. The largest absolute Gasteiger partial charge is 0.495 e. The van der Waals surface area contributed by atoms with Crippen LogP contribution in [0.2, 0.25) is 0 Å². The molecule has 1 aliphatic carbocycles. The fraction of sp³-hybridized carbons (Fsp3) is 0.440. The third-order valence-corrected chi connectivity index (χ3v) is 5.80. The van der Waals surface area contributed by atoms with Crippen LogP contribution >= 0.6 is 0 Å². The van der Waals surface area contributed by atoms with Gasteiger partial charge in [0.2, 0.25) is 11.8 Å². The Labute approximate surface area is 185 Å². The summed E-state index contributed by atoms with van der Waals surface area (Å²) in [6.07, 6.45) is 5.60. The number of nitrogens with zero attached hydrogens (tertiary/aromatic N) is 2. The van der Waals surface area contributed by atoms with Gasteiger partial charge in [-0.25, -0.2) is 0 Å². The van der Waals surface area contributed by atoms with Gasteiger partial charge in [-0.15, -0.1) is 0 Å². The van der Waals surface area contributed by atoms with Crippen molar-refractivity contribution in [2.75, 3.05) is 37.0 Å². The van der Waals surface area contributed by atoms with Gasteiger partial charge < -0.3 is 15.0 Å². The van der Waals surface area contributed by atoms with Gasteiger partial charge in [0.05, 0.1) is 25.9 Å². The number of likely N-dealkylation sites (N-methyl/N-ethyl adjacent to an activating group) is 1. The van der Waals surface area contributed by atoms with Crippen LogP contribution in [0.3, 0.4) is 0 Å². The molecule has 0 radical (unpaired) electrons. The fourth-order valence-electron chi connectivity index (χ4n) is 4.17. The Morgan fingerprint density at radius 1 is 0.968 bits per heavy atom. The Balaban J connectivity index is 1.67. The van der Waals surface area contributed by atoms with E-state index in [1.165, 1.54) is 6.42 Å². The monoisotopic (exact) mass is 423 g/mol. The molecule has 0 aliphatic heterocycles. The highest BCUT2D eigenvalue weighted by molar-refractivity contribution is 5.97. The van der Waals surface area contributed by atoms with Gasteiger partial charge >= 0.3 is 0 Å². The average Bonchev–Trinajstić information content (AvgIpc) is 2.80. The van der Waals surface area contributed by atoms with Gasteiger partial charge in [-0.3, -0.25) is 14.5 Å². The van der Waals surface area contributed by atoms with Crippen LogP contribution < -0.4 is 15.0 Å². The summed E-state index contributed by atoms with van der Waals surface area (Å²) in [5.41, 5.74) is 1.57. The minimum atomic E-state index is -0.164. The Bertz CT molecular complexity index is 850. The number of benzene rings is 2. The van der Waals surface area contributed by atoms with E-state index in [9.17, 15) is 9.59 Å². The molecular formula is C25H33N3O3. The molecule has 1 N–H and O–H groups in total. The van der Waals surface area contributed by atoms with Gasteiger partial charge in [0.1, 0.15) is 5.75 Å². The maximum absolute atomic E-state index is 13.4. The predicted molar refractivity (Wildman–Crippen MR) is 125 cm³/mol. The van der Waals surface area contributed by atoms with Crippen molar-refractivity contribution in [2.45, 2.75) is 45.1 Å². The van der Waals surface area contributed by atoms with E-state index in [1.54, 1.807) is 19.2 Å². The Hall–Kier alpha value is -2.86. The van der Waals surface area contributed by atoms with Crippen molar-refractivity contribution in [3.05, 3.63) is 54.6 Å². The molecule has 2 aromatic rings. The molecule has 31 heavy (non-hydrogen) atoms. The van der Waals surface area contributed by atoms with E-state index in [0.29, 0.717) is 18.0 Å². The van der Waals surface area contributed by atoms with Crippen LogP contribution in [0.15, 0.2) is 54.6 Å². The van der Waals surface area contributed by atoms with E-state index in [-0.39, 0.29) is 30.9 Å². The summed E-state index contributed by atoms with van der Waals surface area (Å²) in [7, 11) is 1.57. The first kappa shape index (κ1) is 22.8. The van der Waals surface area contributed by atoms with Crippen molar-refractivity contribution < 1.29 is 14.3 Å². The molecule has 0 atom stereocenters. The van der Waals surface area contributed by atoms with Crippen molar-refractivity contribution in [2.24, 2.45) is 0 Å². The number of para-hydroxylation sites is 3. The molecule has 0 spiro atoms. The minimum absolute atomic E-state index is 0.0463. The number of methoxy groups -OCH3 is 1. The number of rotatable bonds is 9. The molecule has 0 aromatic heterocycles. The quantitative estimate of drug-likeness (QED) is 0.652. The summed E-state index contributed by atoms with van der Waals surface area (Å²) < 4.78 is 5.30. The third kappa shape index (κ3) is 6.31. The van der Waals surface area contributed by atoms with E-state index in [4.69, 9.17) is 4.74 Å². The number of carbonyl (C=O) groups is 2. The van der Waals surface area contributed by atoms with Crippen LogP contribution in [0.25, 0.3) is 0 Å². The number of amides is 2. The highest BCUT2D eigenvalue weighted by Crippen LogP contribution is 2.28. The first-order valence-corrected chi connectivity index (χ1v) is 11.1. The van der Waals surface area contributed by atoms with Crippen molar-refractivity contribution >= 4 is 23.2 Å². The van der Waals surface area contributed by atoms with Crippen LogP contribution in [0, 0.1) is 0 Å². The number of hydrogen-bond donors (Lipinski definition) is 1. The lowest BCUT2D eigenvalue weighted by atomic mass is 9.93. The first-order valence-electron chi connectivity index (χ1n) is 11.1. The lowest BCUT2D eigenvalue weighted by Crippen LogP contribution is -2.48. The molecule has 0 saturated heterocycles. The summed E-state index contributed by atoms with van der Waals surface area (Å²) in [6.45, 7) is 2.93. The predicted octanol–water partition coefficient (Wildman–Crippen LogP) is 4.32. The normalized spacial score (nSPS) is 14.3. The summed E-state index contributed by atoms with van der Waals surface area (Å²) in [5.74, 6) is 0.496. The molecule has 0 bridgehead atoms. The molecular weight excluding hydrogens is 390 g/mol. The zero-order valence-electron chi connectivity index (χ0n) is 18.5. The summed E-state index contributed by atoms with van der Waals surface area (Å²) in [4.78, 5) is 29.9. The van der Waals surface area contributed by atoms with Gasteiger partial charge in [0.15, 0.2) is 0 Å². The smallest absolute Gasteiger partial charge is 0.241 e. The molecule has 1 fully saturated rings. The molecule has 166 valence electrons. The highest BCUT2D eigenvalue weighted by atomic mass is 16.5. The minimum Gasteiger partial charge on any atom is -0.495 e. The molecule has 3 rings (SSSR count). The number of anilines is 2. The molecule has 1 saturated carbocycles. The van der Waals surface area contributed by atoms with Crippen molar-refractivity contribution in [3.63, 3.8) is 0 Å². The second-order valence-corrected chi connectivity index (χ2v) is 7.94. The van der Waals surface area contributed by atoms with Crippen molar-refractivity contribution in [1.82, 2.24) is 4.90 Å². The van der Waals surface area contributed by atoms with Crippen LogP contribution in [0.1, 0.15) is 39.0 Å². The van der Waals surface area contributed by atoms with Gasteiger partial charge in [0.25, 0.3) is 0 Å². The lowest BCUT2D eigenvalue weighted by Gasteiger charge is -2.35. The Kier molecular flexibility index (Phi) is 8.47. The summed E-state index contributed by atoms with van der Waals surface area (Å²) in [5, 5.41) is 2.89. The number of hydrogen-bond acceptors (Lipinski definition) is 4. The van der Waals surface area contributed by atoms with Crippen molar-refractivity contribution in [1.29, 1.82) is 0 Å². The highest BCUT2D eigenvalue weighted by Gasteiger charge is 2.28. The molecule has 2 amide bonds. The Morgan fingerprint density at radius 3 is 2.32 bits per heavy atom. The Morgan fingerprint density at radius 2 is 1.65 bits per heavy atom. The van der Waals surface area contributed by atoms with E-state index < -0.39 is 0 Å². The van der Waals surface area contributed by atoms with E-state index in [2.05, 4.69) is 5.32 Å². The second-order valence-electron chi connectivity index (χ2n) is 7.94. The SMILES string of the molecule is CCN(CC(=O)Nc1ccccc1OC)CC(=O)N(c1ccccc1)C1CCCCC1. The van der Waals surface area contributed by atoms with Gasteiger partial charge in [-0.1, -0.05) is 56.5 Å². The summed E-state index contributed by atoms with van der Waals surface area (Å²) >= 11 is 0. The third-order valence-electron chi connectivity index (χ3n) is 5.80. The number of nitrogens with one attached hydrogen (secondary N) is 1. The zero-order chi connectivity index (χ0) is 22.1. The molecule has 6 heteroatoms. The molecule has 0 heterocycles. The molecule has 1 aliphatic rings. The van der Waals surface area contributed by atoms with Crippen LogP contribution in [-0.2, 0) is 9.59 Å². The zero-order valence-corrected chi connectivity index (χ0v) is 18.5. The maximum Gasteiger partial charge on any atom is 0.241 e. The van der Waals surface area contributed by atoms with E-state index in [1.807, 2.05) is 59.2 Å².